The van der Waals surface area contributed by atoms with Gasteiger partial charge in [-0.25, -0.2) is 4.98 Å². The van der Waals surface area contributed by atoms with Crippen LogP contribution in [-0.4, -0.2) is 18.6 Å². The van der Waals surface area contributed by atoms with E-state index >= 15 is 0 Å². The Hall–Kier alpha value is -1.39. The van der Waals surface area contributed by atoms with Crippen LogP contribution in [0.15, 0.2) is 29.0 Å². The third-order valence-corrected chi connectivity index (χ3v) is 3.87. The Morgan fingerprint density at radius 1 is 1.32 bits per heavy atom. The Kier molecular flexibility index (Phi) is 4.93. The SMILES string of the molecule is CCNCc1ccc(N(C)Cc2ccsc2)nc1C. The summed E-state index contributed by atoms with van der Waals surface area (Å²) in [6.07, 6.45) is 0. The van der Waals surface area contributed by atoms with Gasteiger partial charge in [-0.1, -0.05) is 13.0 Å². The molecule has 4 heteroatoms. The summed E-state index contributed by atoms with van der Waals surface area (Å²) < 4.78 is 0. The van der Waals surface area contributed by atoms with Crippen LogP contribution >= 0.6 is 11.3 Å². The van der Waals surface area contributed by atoms with Crippen molar-refractivity contribution in [1.29, 1.82) is 0 Å². The lowest BCUT2D eigenvalue weighted by molar-refractivity contribution is 0.719. The van der Waals surface area contributed by atoms with Crippen molar-refractivity contribution in [3.8, 4) is 0 Å². The van der Waals surface area contributed by atoms with Crippen LogP contribution < -0.4 is 10.2 Å². The van der Waals surface area contributed by atoms with Gasteiger partial charge in [-0.15, -0.1) is 0 Å². The topological polar surface area (TPSA) is 28.2 Å². The lowest BCUT2D eigenvalue weighted by atomic mass is 10.2. The van der Waals surface area contributed by atoms with Crippen LogP contribution in [0.2, 0.25) is 0 Å². The number of hydrogen-bond donors (Lipinski definition) is 1. The molecular weight excluding hydrogens is 254 g/mol. The van der Waals surface area contributed by atoms with Crippen LogP contribution in [0.5, 0.6) is 0 Å². The first-order valence-electron chi connectivity index (χ1n) is 6.60. The third-order valence-electron chi connectivity index (χ3n) is 3.14. The van der Waals surface area contributed by atoms with Crippen molar-refractivity contribution >= 4 is 17.2 Å². The van der Waals surface area contributed by atoms with E-state index in [4.69, 9.17) is 4.98 Å². The summed E-state index contributed by atoms with van der Waals surface area (Å²) in [5.41, 5.74) is 3.72. The number of nitrogens with zero attached hydrogens (tertiary/aromatic N) is 2. The Balaban J connectivity index is 2.06. The van der Waals surface area contributed by atoms with Gasteiger partial charge in [0.2, 0.25) is 0 Å². The summed E-state index contributed by atoms with van der Waals surface area (Å²) >= 11 is 1.74. The number of aryl methyl sites for hydroxylation is 1. The molecule has 0 bridgehead atoms. The molecule has 0 amide bonds. The molecule has 3 nitrogen and oxygen atoms in total. The number of rotatable bonds is 6. The smallest absolute Gasteiger partial charge is 0.128 e. The minimum Gasteiger partial charge on any atom is -0.355 e. The quantitative estimate of drug-likeness (QED) is 0.877. The molecule has 2 heterocycles. The van der Waals surface area contributed by atoms with E-state index in [1.54, 1.807) is 11.3 Å². The van der Waals surface area contributed by atoms with Crippen molar-refractivity contribution in [2.75, 3.05) is 18.5 Å². The molecule has 0 aliphatic heterocycles. The molecule has 0 saturated heterocycles. The van der Waals surface area contributed by atoms with Crippen molar-refractivity contribution in [3.05, 3.63) is 45.8 Å². The van der Waals surface area contributed by atoms with Crippen molar-refractivity contribution in [3.63, 3.8) is 0 Å². The van der Waals surface area contributed by atoms with Gasteiger partial charge >= 0.3 is 0 Å². The highest BCUT2D eigenvalue weighted by Gasteiger charge is 2.06. The first-order chi connectivity index (χ1) is 9.20. The number of pyridine rings is 1. The van der Waals surface area contributed by atoms with E-state index in [0.717, 1.165) is 31.1 Å². The lowest BCUT2D eigenvalue weighted by Crippen LogP contribution is -2.19. The van der Waals surface area contributed by atoms with Gasteiger partial charge in [-0.05, 0) is 47.5 Å². The molecule has 2 rings (SSSR count). The van der Waals surface area contributed by atoms with Gasteiger partial charge in [0.05, 0.1) is 0 Å². The predicted molar refractivity (Wildman–Crippen MR) is 82.8 cm³/mol. The van der Waals surface area contributed by atoms with E-state index in [9.17, 15) is 0 Å². The largest absolute Gasteiger partial charge is 0.355 e. The fraction of sp³-hybridized carbons (Fsp3) is 0.400. The zero-order valence-corrected chi connectivity index (χ0v) is 12.6. The molecule has 0 saturated carbocycles. The van der Waals surface area contributed by atoms with E-state index in [-0.39, 0.29) is 0 Å². The minimum atomic E-state index is 0.893. The summed E-state index contributed by atoms with van der Waals surface area (Å²) in [5.74, 6) is 1.03. The molecule has 0 aromatic carbocycles. The van der Waals surface area contributed by atoms with Gasteiger partial charge in [-0.2, -0.15) is 11.3 Å². The summed E-state index contributed by atoms with van der Waals surface area (Å²) in [7, 11) is 2.09. The fourth-order valence-corrected chi connectivity index (χ4v) is 2.63. The van der Waals surface area contributed by atoms with Crippen molar-refractivity contribution in [2.45, 2.75) is 26.9 Å². The van der Waals surface area contributed by atoms with Gasteiger partial charge in [0.25, 0.3) is 0 Å². The average Bonchev–Trinajstić information content (AvgIpc) is 2.90. The highest BCUT2D eigenvalue weighted by atomic mass is 32.1. The Morgan fingerprint density at radius 3 is 2.79 bits per heavy atom. The van der Waals surface area contributed by atoms with Crippen LogP contribution in [0.4, 0.5) is 5.82 Å². The van der Waals surface area contributed by atoms with Crippen molar-refractivity contribution < 1.29 is 0 Å². The normalized spacial score (nSPS) is 10.7. The standard InChI is InChI=1S/C15H21N3S/c1-4-16-9-14-5-6-15(17-12(14)2)18(3)10-13-7-8-19-11-13/h5-8,11,16H,4,9-10H2,1-3H3. The monoisotopic (exact) mass is 275 g/mol. The van der Waals surface area contributed by atoms with Crippen LogP contribution in [0, 0.1) is 6.92 Å². The molecule has 19 heavy (non-hydrogen) atoms. The maximum absolute atomic E-state index is 4.70. The molecule has 102 valence electrons. The lowest BCUT2D eigenvalue weighted by Gasteiger charge is -2.19. The molecule has 0 atom stereocenters. The summed E-state index contributed by atoms with van der Waals surface area (Å²) in [6, 6.07) is 6.43. The minimum absolute atomic E-state index is 0.893. The molecule has 0 aliphatic rings. The van der Waals surface area contributed by atoms with E-state index < -0.39 is 0 Å². The van der Waals surface area contributed by atoms with Crippen LogP contribution in [0.3, 0.4) is 0 Å². The second-order valence-corrected chi connectivity index (χ2v) is 5.46. The van der Waals surface area contributed by atoms with Crippen LogP contribution in [-0.2, 0) is 13.1 Å². The van der Waals surface area contributed by atoms with Crippen molar-refractivity contribution in [1.82, 2.24) is 10.3 Å². The average molecular weight is 275 g/mol. The molecule has 0 aliphatic carbocycles. The summed E-state index contributed by atoms with van der Waals surface area (Å²) in [4.78, 5) is 6.88. The molecule has 2 aromatic rings. The predicted octanol–water partition coefficient (Wildman–Crippen LogP) is 3.20. The van der Waals surface area contributed by atoms with Gasteiger partial charge in [0, 0.05) is 25.8 Å². The molecule has 2 aromatic heterocycles. The van der Waals surface area contributed by atoms with Gasteiger partial charge in [0.1, 0.15) is 5.82 Å². The number of hydrogen-bond acceptors (Lipinski definition) is 4. The van der Waals surface area contributed by atoms with Gasteiger partial charge in [-0.3, -0.25) is 0 Å². The first kappa shape index (κ1) is 14.0. The molecule has 1 N–H and O–H groups in total. The summed E-state index contributed by atoms with van der Waals surface area (Å²) in [5, 5.41) is 7.63. The Morgan fingerprint density at radius 2 is 2.16 bits per heavy atom. The van der Waals surface area contributed by atoms with Gasteiger partial charge in [0.15, 0.2) is 0 Å². The summed E-state index contributed by atoms with van der Waals surface area (Å²) in [6.45, 7) is 6.98. The molecule has 0 spiro atoms. The zero-order valence-electron chi connectivity index (χ0n) is 11.8. The van der Waals surface area contributed by atoms with E-state index in [1.807, 2.05) is 0 Å². The van der Waals surface area contributed by atoms with E-state index in [1.165, 1.54) is 11.1 Å². The van der Waals surface area contributed by atoms with Crippen LogP contribution in [0.25, 0.3) is 0 Å². The fourth-order valence-electron chi connectivity index (χ4n) is 1.97. The van der Waals surface area contributed by atoms with Crippen LogP contribution in [0.1, 0.15) is 23.7 Å². The number of aromatic nitrogens is 1. The molecular formula is C15H21N3S. The third kappa shape index (κ3) is 3.78. The Bertz CT molecular complexity index is 508. The maximum atomic E-state index is 4.70. The van der Waals surface area contributed by atoms with E-state index in [2.05, 4.69) is 60.1 Å². The first-order valence-corrected chi connectivity index (χ1v) is 7.54. The maximum Gasteiger partial charge on any atom is 0.128 e. The molecule has 0 fully saturated rings. The number of thiophene rings is 1. The highest BCUT2D eigenvalue weighted by molar-refractivity contribution is 7.07. The zero-order chi connectivity index (χ0) is 13.7. The molecule has 0 unspecified atom stereocenters. The van der Waals surface area contributed by atoms with Gasteiger partial charge < -0.3 is 10.2 Å². The van der Waals surface area contributed by atoms with E-state index in [0.29, 0.717) is 0 Å². The highest BCUT2D eigenvalue weighted by Crippen LogP contribution is 2.17. The second-order valence-electron chi connectivity index (χ2n) is 4.68. The number of anilines is 1. The van der Waals surface area contributed by atoms with Crippen molar-refractivity contribution in [2.24, 2.45) is 0 Å². The second kappa shape index (κ2) is 6.68. The number of nitrogens with one attached hydrogen (secondary N) is 1. The molecule has 0 radical (unpaired) electrons. The Labute approximate surface area is 119 Å².